The van der Waals surface area contributed by atoms with Crippen molar-refractivity contribution in [1.29, 1.82) is 0 Å². The van der Waals surface area contributed by atoms with E-state index >= 15 is 0 Å². The van der Waals surface area contributed by atoms with Crippen molar-refractivity contribution in [2.45, 2.75) is 19.5 Å². The summed E-state index contributed by atoms with van der Waals surface area (Å²) in [7, 11) is 1.39. The normalized spacial score (nSPS) is 15.6. The van der Waals surface area contributed by atoms with E-state index in [4.69, 9.17) is 9.47 Å². The summed E-state index contributed by atoms with van der Waals surface area (Å²) in [5.74, 6) is 0.312. The molecule has 8 heteroatoms. The van der Waals surface area contributed by atoms with Crippen molar-refractivity contribution in [3.05, 3.63) is 66.5 Å². The standard InChI is InChI=1S/C22H21FN4O3/c1-14-12-30-20-5-3-15(17-9-24-13-25-10-17)7-16(20)11-27(14)22(28)26-18-4-6-21(29-2)19(23)8-18/h3-10,13-14H,11-12H2,1-2H3,(H,26,28)/t14-/m0/s1. The van der Waals surface area contributed by atoms with Gasteiger partial charge < -0.3 is 19.7 Å². The Morgan fingerprint density at radius 1 is 1.20 bits per heavy atom. The van der Waals surface area contributed by atoms with Gasteiger partial charge in [-0.1, -0.05) is 6.07 Å². The van der Waals surface area contributed by atoms with Crippen molar-refractivity contribution in [1.82, 2.24) is 14.9 Å². The minimum atomic E-state index is -0.539. The second kappa shape index (κ2) is 8.36. The number of amides is 2. The third-order valence-corrected chi connectivity index (χ3v) is 4.97. The smallest absolute Gasteiger partial charge is 0.322 e. The number of carbonyl (C=O) groups excluding carboxylic acids is 1. The van der Waals surface area contributed by atoms with Crippen LogP contribution >= 0.6 is 0 Å². The first kappa shape index (κ1) is 19.6. The van der Waals surface area contributed by atoms with Gasteiger partial charge in [0.2, 0.25) is 0 Å². The lowest BCUT2D eigenvalue weighted by Gasteiger charge is -2.26. The Morgan fingerprint density at radius 3 is 2.73 bits per heavy atom. The van der Waals surface area contributed by atoms with Crippen LogP contribution in [0.1, 0.15) is 12.5 Å². The predicted octanol–water partition coefficient (Wildman–Crippen LogP) is 4.11. The predicted molar refractivity (Wildman–Crippen MR) is 110 cm³/mol. The number of hydrogen-bond acceptors (Lipinski definition) is 5. The molecule has 0 saturated heterocycles. The van der Waals surface area contributed by atoms with Crippen LogP contribution in [-0.4, -0.2) is 40.7 Å². The zero-order chi connectivity index (χ0) is 21.1. The molecule has 7 nitrogen and oxygen atoms in total. The van der Waals surface area contributed by atoms with Gasteiger partial charge in [0.25, 0.3) is 0 Å². The van der Waals surface area contributed by atoms with E-state index in [0.29, 0.717) is 18.8 Å². The topological polar surface area (TPSA) is 76.6 Å². The number of hydrogen-bond donors (Lipinski definition) is 1. The molecule has 1 aliphatic rings. The first-order chi connectivity index (χ1) is 14.5. The van der Waals surface area contributed by atoms with Crippen LogP contribution in [0.15, 0.2) is 55.1 Å². The van der Waals surface area contributed by atoms with Gasteiger partial charge in [0, 0.05) is 35.3 Å². The molecule has 0 fully saturated rings. The molecule has 0 spiro atoms. The fourth-order valence-electron chi connectivity index (χ4n) is 3.32. The van der Waals surface area contributed by atoms with Gasteiger partial charge in [-0.3, -0.25) is 0 Å². The van der Waals surface area contributed by atoms with Crippen molar-refractivity contribution >= 4 is 11.7 Å². The third kappa shape index (κ3) is 4.03. The zero-order valence-electron chi connectivity index (χ0n) is 16.6. The Balaban J connectivity index is 1.57. The van der Waals surface area contributed by atoms with E-state index in [1.807, 2.05) is 25.1 Å². The van der Waals surface area contributed by atoms with Crippen LogP contribution in [0, 0.1) is 5.82 Å². The summed E-state index contributed by atoms with van der Waals surface area (Å²) < 4.78 is 24.8. The molecule has 1 atom stereocenters. The van der Waals surface area contributed by atoms with Gasteiger partial charge in [-0.05, 0) is 36.8 Å². The van der Waals surface area contributed by atoms with Crippen molar-refractivity contribution in [2.75, 3.05) is 19.0 Å². The van der Waals surface area contributed by atoms with Crippen LogP contribution < -0.4 is 14.8 Å². The number of fused-ring (bicyclic) bond motifs is 1. The van der Waals surface area contributed by atoms with Gasteiger partial charge in [-0.25, -0.2) is 19.2 Å². The molecule has 1 N–H and O–H groups in total. The molecule has 1 aliphatic heterocycles. The first-order valence-corrected chi connectivity index (χ1v) is 9.47. The summed E-state index contributed by atoms with van der Waals surface area (Å²) >= 11 is 0. The number of benzene rings is 2. The van der Waals surface area contributed by atoms with Crippen LogP contribution in [0.2, 0.25) is 0 Å². The third-order valence-electron chi connectivity index (χ3n) is 4.97. The number of urea groups is 1. The molecular weight excluding hydrogens is 387 g/mol. The molecule has 2 amide bonds. The maximum atomic E-state index is 14.0. The summed E-state index contributed by atoms with van der Waals surface area (Å²) in [6.07, 6.45) is 4.95. The van der Waals surface area contributed by atoms with Crippen LogP contribution in [0.4, 0.5) is 14.9 Å². The van der Waals surface area contributed by atoms with Gasteiger partial charge >= 0.3 is 6.03 Å². The van der Waals surface area contributed by atoms with E-state index in [-0.39, 0.29) is 17.8 Å². The highest BCUT2D eigenvalue weighted by molar-refractivity contribution is 5.89. The van der Waals surface area contributed by atoms with E-state index in [2.05, 4.69) is 15.3 Å². The Morgan fingerprint density at radius 2 is 2.00 bits per heavy atom. The quantitative estimate of drug-likeness (QED) is 0.706. The number of halogens is 1. The Kier molecular flexibility index (Phi) is 5.47. The van der Waals surface area contributed by atoms with E-state index in [9.17, 15) is 9.18 Å². The lowest BCUT2D eigenvalue weighted by atomic mass is 10.0. The van der Waals surface area contributed by atoms with E-state index in [1.165, 1.54) is 25.6 Å². The van der Waals surface area contributed by atoms with Gasteiger partial charge in [0.05, 0.1) is 19.7 Å². The van der Waals surface area contributed by atoms with Gasteiger partial charge in [-0.15, -0.1) is 0 Å². The molecule has 4 rings (SSSR count). The number of carbonyl (C=O) groups is 1. The Bertz CT molecular complexity index is 1060. The maximum absolute atomic E-state index is 14.0. The summed E-state index contributed by atoms with van der Waals surface area (Å²) in [6, 6.07) is 9.60. The first-order valence-electron chi connectivity index (χ1n) is 9.47. The average Bonchev–Trinajstić information content (AvgIpc) is 2.93. The lowest BCUT2D eigenvalue weighted by molar-refractivity contribution is 0.168. The minimum absolute atomic E-state index is 0.121. The molecule has 3 aromatic rings. The van der Waals surface area contributed by atoms with Gasteiger partial charge in [-0.2, -0.15) is 0 Å². The highest BCUT2D eigenvalue weighted by atomic mass is 19.1. The minimum Gasteiger partial charge on any atom is -0.494 e. The molecule has 1 aromatic heterocycles. The number of nitrogens with one attached hydrogen (secondary N) is 1. The SMILES string of the molecule is COc1ccc(NC(=O)N2Cc3cc(-c4cncnc4)ccc3OC[C@@H]2C)cc1F. The van der Waals surface area contributed by atoms with E-state index < -0.39 is 5.82 Å². The monoisotopic (exact) mass is 408 g/mol. The van der Waals surface area contributed by atoms with Crippen LogP contribution in [0.5, 0.6) is 11.5 Å². The average molecular weight is 408 g/mol. The molecule has 30 heavy (non-hydrogen) atoms. The number of anilines is 1. The Hall–Kier alpha value is -3.68. The molecule has 2 aromatic carbocycles. The fraction of sp³-hybridized carbons (Fsp3) is 0.227. The van der Waals surface area contributed by atoms with Gasteiger partial charge in [0.1, 0.15) is 18.7 Å². The van der Waals surface area contributed by atoms with Crippen molar-refractivity contribution in [2.24, 2.45) is 0 Å². The summed E-state index contributed by atoms with van der Waals surface area (Å²) in [6.45, 7) is 2.61. The number of ether oxygens (including phenoxy) is 2. The Labute approximate surface area is 173 Å². The molecule has 0 radical (unpaired) electrons. The molecular formula is C22H21FN4O3. The molecule has 0 unspecified atom stereocenters. The van der Waals surface area contributed by atoms with Crippen LogP contribution in [0.25, 0.3) is 11.1 Å². The molecule has 0 aliphatic carbocycles. The lowest BCUT2D eigenvalue weighted by Crippen LogP contribution is -2.42. The summed E-state index contributed by atoms with van der Waals surface area (Å²) in [5.41, 5.74) is 3.04. The maximum Gasteiger partial charge on any atom is 0.322 e. The highest BCUT2D eigenvalue weighted by Crippen LogP contribution is 2.30. The number of methoxy groups -OCH3 is 1. The zero-order valence-corrected chi connectivity index (χ0v) is 16.6. The largest absolute Gasteiger partial charge is 0.494 e. The second-order valence-electron chi connectivity index (χ2n) is 7.02. The highest BCUT2D eigenvalue weighted by Gasteiger charge is 2.26. The number of nitrogens with zero attached hydrogens (tertiary/aromatic N) is 3. The van der Waals surface area contributed by atoms with E-state index in [1.54, 1.807) is 23.4 Å². The van der Waals surface area contributed by atoms with Crippen molar-refractivity contribution < 1.29 is 18.7 Å². The molecule has 0 bridgehead atoms. The summed E-state index contributed by atoms with van der Waals surface area (Å²) in [4.78, 5) is 22.7. The second-order valence-corrected chi connectivity index (χ2v) is 7.02. The van der Waals surface area contributed by atoms with Crippen LogP contribution in [0.3, 0.4) is 0 Å². The molecule has 0 saturated carbocycles. The fourth-order valence-corrected chi connectivity index (χ4v) is 3.32. The van der Waals surface area contributed by atoms with Crippen molar-refractivity contribution in [3.63, 3.8) is 0 Å². The summed E-state index contributed by atoms with van der Waals surface area (Å²) in [5, 5.41) is 2.75. The van der Waals surface area contributed by atoms with Crippen molar-refractivity contribution in [3.8, 4) is 22.6 Å². The number of rotatable bonds is 3. The van der Waals surface area contributed by atoms with Crippen LogP contribution in [-0.2, 0) is 6.54 Å². The number of aromatic nitrogens is 2. The van der Waals surface area contributed by atoms with E-state index in [0.717, 1.165) is 22.4 Å². The molecule has 154 valence electrons. The van der Waals surface area contributed by atoms with Gasteiger partial charge in [0.15, 0.2) is 11.6 Å². The molecule has 2 heterocycles.